The van der Waals surface area contributed by atoms with E-state index < -0.39 is 0 Å². The Morgan fingerprint density at radius 3 is 2.81 bits per heavy atom. The number of benzene rings is 1. The number of halogens is 2. The highest BCUT2D eigenvalue weighted by Crippen LogP contribution is 2.24. The average Bonchev–Trinajstić information content (AvgIpc) is 2.67. The second-order valence-electron chi connectivity index (χ2n) is 3.25. The van der Waals surface area contributed by atoms with Crippen LogP contribution in [-0.4, -0.2) is 21.3 Å². The van der Waals surface area contributed by atoms with Gasteiger partial charge in [0.05, 0.1) is 10.7 Å². The van der Waals surface area contributed by atoms with Crippen molar-refractivity contribution in [1.29, 1.82) is 0 Å². The highest BCUT2D eigenvalue weighted by atomic mass is 35.5. The van der Waals surface area contributed by atoms with Gasteiger partial charge >= 0.3 is 0 Å². The molecule has 1 aromatic carbocycles. The van der Waals surface area contributed by atoms with Crippen LogP contribution in [-0.2, 0) is 6.42 Å². The summed E-state index contributed by atoms with van der Waals surface area (Å²) in [5, 5.41) is 8.99. The monoisotopic (exact) mass is 256 g/mol. The molecule has 0 atom stereocenters. The standard InChI is InChI=1S/C10H10Cl2N4/c11-7-1-2-9(8(12)5-7)16-6-14-15-10(16)3-4-13/h1-2,5-6H,3-4,13H2. The number of hydrogen-bond acceptors (Lipinski definition) is 3. The molecular formula is C10H10Cl2N4. The zero-order valence-corrected chi connectivity index (χ0v) is 9.91. The first-order chi connectivity index (χ1) is 7.72. The molecule has 0 spiro atoms. The van der Waals surface area contributed by atoms with Gasteiger partial charge in [0.2, 0.25) is 0 Å². The Hall–Kier alpha value is -1.10. The van der Waals surface area contributed by atoms with Crippen LogP contribution in [0.25, 0.3) is 5.69 Å². The third kappa shape index (κ3) is 2.19. The lowest BCUT2D eigenvalue weighted by Gasteiger charge is -2.07. The fraction of sp³-hybridized carbons (Fsp3) is 0.200. The van der Waals surface area contributed by atoms with Crippen molar-refractivity contribution in [2.45, 2.75) is 6.42 Å². The summed E-state index contributed by atoms with van der Waals surface area (Å²) in [5.41, 5.74) is 6.30. The zero-order chi connectivity index (χ0) is 11.5. The van der Waals surface area contributed by atoms with Gasteiger partial charge in [0.25, 0.3) is 0 Å². The predicted octanol–water partition coefficient (Wildman–Crippen LogP) is 2.08. The van der Waals surface area contributed by atoms with E-state index in [1.165, 1.54) is 0 Å². The van der Waals surface area contributed by atoms with Crippen LogP contribution in [0, 0.1) is 0 Å². The first kappa shape index (κ1) is 11.4. The van der Waals surface area contributed by atoms with Crippen LogP contribution in [0.15, 0.2) is 24.5 Å². The number of hydrogen-bond donors (Lipinski definition) is 1. The molecule has 1 aromatic heterocycles. The Bertz CT molecular complexity index is 495. The van der Waals surface area contributed by atoms with Crippen LogP contribution in [0.3, 0.4) is 0 Å². The summed E-state index contributed by atoms with van der Waals surface area (Å²) in [4.78, 5) is 0. The molecule has 0 bridgehead atoms. The van der Waals surface area contributed by atoms with Gasteiger partial charge in [0.1, 0.15) is 12.2 Å². The van der Waals surface area contributed by atoms with Crippen LogP contribution in [0.5, 0.6) is 0 Å². The van der Waals surface area contributed by atoms with E-state index in [4.69, 9.17) is 28.9 Å². The summed E-state index contributed by atoms with van der Waals surface area (Å²) in [6.07, 6.45) is 2.26. The smallest absolute Gasteiger partial charge is 0.138 e. The molecule has 16 heavy (non-hydrogen) atoms. The Labute approximate surface area is 103 Å². The minimum Gasteiger partial charge on any atom is -0.330 e. The summed E-state index contributed by atoms with van der Waals surface area (Å²) in [7, 11) is 0. The highest BCUT2D eigenvalue weighted by molar-refractivity contribution is 6.35. The van der Waals surface area contributed by atoms with Gasteiger partial charge in [0, 0.05) is 11.4 Å². The summed E-state index contributed by atoms with van der Waals surface area (Å²) < 4.78 is 1.81. The quantitative estimate of drug-likeness (QED) is 0.915. The molecule has 0 amide bonds. The molecule has 6 heteroatoms. The van der Waals surface area contributed by atoms with Crippen LogP contribution in [0.1, 0.15) is 5.82 Å². The summed E-state index contributed by atoms with van der Waals surface area (Å²) >= 11 is 11.9. The number of rotatable bonds is 3. The largest absolute Gasteiger partial charge is 0.330 e. The minimum atomic E-state index is 0.518. The molecule has 0 saturated carbocycles. The van der Waals surface area contributed by atoms with Crippen LogP contribution in [0.4, 0.5) is 0 Å². The van der Waals surface area contributed by atoms with Crippen LogP contribution >= 0.6 is 23.2 Å². The van der Waals surface area contributed by atoms with E-state index in [9.17, 15) is 0 Å². The molecule has 0 aliphatic rings. The summed E-state index contributed by atoms with van der Waals surface area (Å²) in [6.45, 7) is 0.518. The minimum absolute atomic E-state index is 0.518. The van der Waals surface area contributed by atoms with Crippen molar-refractivity contribution in [3.8, 4) is 5.69 Å². The van der Waals surface area contributed by atoms with Crippen molar-refractivity contribution in [2.24, 2.45) is 5.73 Å². The van der Waals surface area contributed by atoms with Gasteiger partial charge in [-0.2, -0.15) is 0 Å². The molecule has 0 fully saturated rings. The van der Waals surface area contributed by atoms with E-state index in [1.54, 1.807) is 18.5 Å². The highest BCUT2D eigenvalue weighted by Gasteiger charge is 2.09. The van der Waals surface area contributed by atoms with Crippen molar-refractivity contribution in [3.05, 3.63) is 40.4 Å². The third-order valence-corrected chi connectivity index (χ3v) is 2.69. The average molecular weight is 257 g/mol. The molecule has 0 unspecified atom stereocenters. The van der Waals surface area contributed by atoms with E-state index >= 15 is 0 Å². The second-order valence-corrected chi connectivity index (χ2v) is 4.10. The Kier molecular flexibility index (Phi) is 3.43. The molecule has 84 valence electrons. The van der Waals surface area contributed by atoms with E-state index in [0.29, 0.717) is 23.0 Å². The van der Waals surface area contributed by atoms with E-state index in [2.05, 4.69) is 10.2 Å². The van der Waals surface area contributed by atoms with Crippen LogP contribution < -0.4 is 5.73 Å². The summed E-state index contributed by atoms with van der Waals surface area (Å²) in [5.74, 6) is 0.784. The van der Waals surface area contributed by atoms with Crippen molar-refractivity contribution >= 4 is 23.2 Å². The fourth-order valence-electron chi connectivity index (χ4n) is 1.44. The molecular weight excluding hydrogens is 247 g/mol. The SMILES string of the molecule is NCCc1nncn1-c1ccc(Cl)cc1Cl. The van der Waals surface area contributed by atoms with Gasteiger partial charge in [-0.15, -0.1) is 10.2 Å². The van der Waals surface area contributed by atoms with E-state index in [0.717, 1.165) is 11.5 Å². The molecule has 2 aromatic rings. The van der Waals surface area contributed by atoms with Gasteiger partial charge < -0.3 is 5.73 Å². The van der Waals surface area contributed by atoms with E-state index in [1.807, 2.05) is 10.6 Å². The number of nitrogens with zero attached hydrogens (tertiary/aromatic N) is 3. The fourth-order valence-corrected chi connectivity index (χ4v) is 1.94. The Morgan fingerprint density at radius 1 is 1.31 bits per heavy atom. The maximum Gasteiger partial charge on any atom is 0.138 e. The molecule has 2 N–H and O–H groups in total. The van der Waals surface area contributed by atoms with Crippen molar-refractivity contribution in [3.63, 3.8) is 0 Å². The number of nitrogens with two attached hydrogens (primary N) is 1. The Balaban J connectivity index is 2.46. The van der Waals surface area contributed by atoms with Gasteiger partial charge in [-0.1, -0.05) is 23.2 Å². The molecule has 2 rings (SSSR count). The molecule has 0 aliphatic heterocycles. The third-order valence-electron chi connectivity index (χ3n) is 2.16. The summed E-state index contributed by atoms with van der Waals surface area (Å²) in [6, 6.07) is 5.29. The lowest BCUT2D eigenvalue weighted by Crippen LogP contribution is -2.08. The zero-order valence-electron chi connectivity index (χ0n) is 8.40. The van der Waals surface area contributed by atoms with E-state index in [-0.39, 0.29) is 0 Å². The van der Waals surface area contributed by atoms with Gasteiger partial charge in [-0.3, -0.25) is 4.57 Å². The molecule has 4 nitrogen and oxygen atoms in total. The van der Waals surface area contributed by atoms with Gasteiger partial charge in [-0.05, 0) is 24.7 Å². The molecule has 0 radical (unpaired) electrons. The van der Waals surface area contributed by atoms with Gasteiger partial charge in [0.15, 0.2) is 0 Å². The lowest BCUT2D eigenvalue weighted by atomic mass is 10.3. The van der Waals surface area contributed by atoms with Crippen molar-refractivity contribution in [2.75, 3.05) is 6.54 Å². The maximum absolute atomic E-state index is 6.10. The first-order valence-corrected chi connectivity index (χ1v) is 5.52. The predicted molar refractivity (Wildman–Crippen MR) is 64.1 cm³/mol. The normalized spacial score (nSPS) is 10.7. The van der Waals surface area contributed by atoms with Crippen molar-refractivity contribution in [1.82, 2.24) is 14.8 Å². The topological polar surface area (TPSA) is 56.7 Å². The first-order valence-electron chi connectivity index (χ1n) is 4.77. The van der Waals surface area contributed by atoms with Gasteiger partial charge in [-0.25, -0.2) is 0 Å². The number of aromatic nitrogens is 3. The van der Waals surface area contributed by atoms with Crippen molar-refractivity contribution < 1.29 is 0 Å². The Morgan fingerprint density at radius 2 is 2.12 bits per heavy atom. The molecule has 0 aliphatic carbocycles. The second kappa shape index (κ2) is 4.82. The molecule has 0 saturated heterocycles. The maximum atomic E-state index is 6.10. The lowest BCUT2D eigenvalue weighted by molar-refractivity contribution is 0.830. The van der Waals surface area contributed by atoms with Crippen LogP contribution in [0.2, 0.25) is 10.0 Å². The molecule has 1 heterocycles.